The summed E-state index contributed by atoms with van der Waals surface area (Å²) < 4.78 is 15.7. The molecule has 28 heavy (non-hydrogen) atoms. The van der Waals surface area contributed by atoms with Crippen molar-refractivity contribution in [2.45, 2.75) is 13.5 Å². The third-order valence-electron chi connectivity index (χ3n) is 4.56. The van der Waals surface area contributed by atoms with Crippen LogP contribution in [0.15, 0.2) is 42.6 Å². The summed E-state index contributed by atoms with van der Waals surface area (Å²) >= 11 is 0. The highest BCUT2D eigenvalue weighted by atomic mass is 19.1. The highest BCUT2D eigenvalue weighted by Gasteiger charge is 2.26. The molecule has 5 rings (SSSR count). The summed E-state index contributed by atoms with van der Waals surface area (Å²) in [6.07, 6.45) is 4.33. The van der Waals surface area contributed by atoms with E-state index < -0.39 is 0 Å². The SMILES string of the molecule is Cc1nc(-c2nn(Cc3ccccc3F)c3ncccc23)nc2c1[C]C(=O)N2. The molecule has 0 bridgehead atoms. The number of aryl methyl sites for hydroxylation is 1. The smallest absolute Gasteiger partial charge is 0.239 e. The fourth-order valence-electron chi connectivity index (χ4n) is 3.24. The summed E-state index contributed by atoms with van der Waals surface area (Å²) in [5.74, 6) is 0.127. The first-order valence-corrected chi connectivity index (χ1v) is 8.62. The third-order valence-corrected chi connectivity index (χ3v) is 4.56. The third kappa shape index (κ3) is 2.61. The lowest BCUT2D eigenvalue weighted by molar-refractivity contribution is -0.112. The molecule has 4 aromatic rings. The lowest BCUT2D eigenvalue weighted by Crippen LogP contribution is -2.05. The highest BCUT2D eigenvalue weighted by Crippen LogP contribution is 2.30. The predicted molar refractivity (Wildman–Crippen MR) is 99.8 cm³/mol. The Bertz CT molecular complexity index is 1250. The van der Waals surface area contributed by atoms with Gasteiger partial charge in [-0.05, 0) is 25.1 Å². The van der Waals surface area contributed by atoms with Gasteiger partial charge in [-0.2, -0.15) is 5.10 Å². The lowest BCUT2D eigenvalue weighted by Gasteiger charge is -2.05. The van der Waals surface area contributed by atoms with Crippen molar-refractivity contribution in [3.05, 3.63) is 71.7 Å². The Balaban J connectivity index is 1.66. The number of nitrogens with one attached hydrogen (secondary N) is 1. The Hall–Kier alpha value is -3.68. The molecule has 0 fully saturated rings. The second-order valence-corrected chi connectivity index (χ2v) is 6.41. The molecule has 136 valence electrons. The van der Waals surface area contributed by atoms with Crippen LogP contribution in [0.5, 0.6) is 0 Å². The first kappa shape index (κ1) is 16.5. The van der Waals surface area contributed by atoms with Crippen molar-refractivity contribution in [1.29, 1.82) is 0 Å². The van der Waals surface area contributed by atoms with Gasteiger partial charge in [0.1, 0.15) is 23.7 Å². The molecule has 7 nitrogen and oxygen atoms in total. The molecule has 0 spiro atoms. The summed E-state index contributed by atoms with van der Waals surface area (Å²) in [6.45, 7) is 2.01. The van der Waals surface area contributed by atoms with Crippen molar-refractivity contribution in [3.8, 4) is 11.5 Å². The highest BCUT2D eigenvalue weighted by molar-refractivity contribution is 6.06. The molecule has 1 N–H and O–H groups in total. The van der Waals surface area contributed by atoms with Crippen LogP contribution in [0.1, 0.15) is 16.8 Å². The predicted octanol–water partition coefficient (Wildman–Crippen LogP) is 2.77. The van der Waals surface area contributed by atoms with Crippen molar-refractivity contribution >= 4 is 22.8 Å². The molecule has 8 heteroatoms. The van der Waals surface area contributed by atoms with Crippen molar-refractivity contribution in [2.75, 3.05) is 5.32 Å². The summed E-state index contributed by atoms with van der Waals surface area (Å²) in [5.41, 5.74) is 2.81. The van der Waals surface area contributed by atoms with Crippen LogP contribution in [0.4, 0.5) is 10.2 Å². The van der Waals surface area contributed by atoms with Gasteiger partial charge in [-0.15, -0.1) is 0 Å². The van der Waals surface area contributed by atoms with Crippen LogP contribution >= 0.6 is 0 Å². The molecule has 1 amide bonds. The van der Waals surface area contributed by atoms with Crippen molar-refractivity contribution < 1.29 is 9.18 Å². The summed E-state index contributed by atoms with van der Waals surface area (Å²) in [4.78, 5) is 24.9. The van der Waals surface area contributed by atoms with E-state index in [1.807, 2.05) is 6.07 Å². The van der Waals surface area contributed by atoms with Gasteiger partial charge in [0.2, 0.25) is 5.91 Å². The molecule has 1 aliphatic heterocycles. The normalized spacial score (nSPS) is 13.0. The quantitative estimate of drug-likeness (QED) is 0.598. The van der Waals surface area contributed by atoms with Gasteiger partial charge in [0.25, 0.3) is 0 Å². The van der Waals surface area contributed by atoms with E-state index in [1.54, 1.807) is 42.1 Å². The Morgan fingerprint density at radius 2 is 2.04 bits per heavy atom. The van der Waals surface area contributed by atoms with E-state index in [-0.39, 0.29) is 18.3 Å². The minimum absolute atomic E-state index is 0.225. The fraction of sp³-hybridized carbons (Fsp3) is 0.100. The van der Waals surface area contributed by atoms with Gasteiger partial charge < -0.3 is 5.32 Å². The second kappa shape index (κ2) is 6.19. The molecule has 0 unspecified atom stereocenters. The van der Waals surface area contributed by atoms with Gasteiger partial charge in [0.15, 0.2) is 11.5 Å². The number of pyridine rings is 1. The number of hydrogen-bond donors (Lipinski definition) is 1. The monoisotopic (exact) mass is 372 g/mol. The zero-order chi connectivity index (χ0) is 19.3. The lowest BCUT2D eigenvalue weighted by atomic mass is 10.2. The number of carbonyl (C=O) groups excluding carboxylic acids is 1. The van der Waals surface area contributed by atoms with E-state index in [0.29, 0.717) is 39.8 Å². The van der Waals surface area contributed by atoms with Crippen molar-refractivity contribution in [3.63, 3.8) is 0 Å². The van der Waals surface area contributed by atoms with Crippen LogP contribution in [0.25, 0.3) is 22.6 Å². The van der Waals surface area contributed by atoms with E-state index in [0.717, 1.165) is 5.39 Å². The fourth-order valence-corrected chi connectivity index (χ4v) is 3.24. The van der Waals surface area contributed by atoms with E-state index >= 15 is 0 Å². The standard InChI is InChI=1S/C20H13FN6O/c1-11-14-9-16(28)24-18(14)25-19(23-11)17-13-6-4-8-22-20(13)27(26-17)10-12-5-2-3-7-15(12)21/h2-8H,10H2,1H3,(H,23,24,25,28). The van der Waals surface area contributed by atoms with Gasteiger partial charge in [-0.25, -0.2) is 24.0 Å². The molecular weight excluding hydrogens is 359 g/mol. The van der Waals surface area contributed by atoms with E-state index in [4.69, 9.17) is 0 Å². The minimum atomic E-state index is -0.346. The zero-order valence-corrected chi connectivity index (χ0v) is 14.8. The number of amides is 1. The molecule has 0 aliphatic carbocycles. The van der Waals surface area contributed by atoms with Crippen molar-refractivity contribution in [1.82, 2.24) is 24.7 Å². The number of nitrogens with zero attached hydrogens (tertiary/aromatic N) is 5. The number of hydrogen-bond acceptors (Lipinski definition) is 5. The average molecular weight is 372 g/mol. The van der Waals surface area contributed by atoms with Gasteiger partial charge in [-0.3, -0.25) is 4.79 Å². The van der Waals surface area contributed by atoms with E-state index in [9.17, 15) is 9.18 Å². The summed E-state index contributed by atoms with van der Waals surface area (Å²) in [5, 5.41) is 8.01. The Morgan fingerprint density at radius 1 is 1.18 bits per heavy atom. The average Bonchev–Trinajstić information content (AvgIpc) is 3.24. The number of halogens is 1. The maximum atomic E-state index is 14.1. The van der Waals surface area contributed by atoms with Gasteiger partial charge in [0, 0.05) is 23.0 Å². The van der Waals surface area contributed by atoms with Crippen LogP contribution in [0.3, 0.4) is 0 Å². The largest absolute Gasteiger partial charge is 0.309 e. The van der Waals surface area contributed by atoms with Gasteiger partial charge in [-0.1, -0.05) is 18.2 Å². The number of fused-ring (bicyclic) bond motifs is 2. The molecule has 2 radical (unpaired) electrons. The van der Waals surface area contributed by atoms with E-state index in [2.05, 4.69) is 31.8 Å². The number of anilines is 1. The maximum Gasteiger partial charge on any atom is 0.239 e. The molecular formula is C20H13FN6O. The Labute approximate surface area is 159 Å². The molecule has 0 saturated carbocycles. The number of benzene rings is 1. The number of aromatic nitrogens is 5. The minimum Gasteiger partial charge on any atom is -0.309 e. The van der Waals surface area contributed by atoms with Crippen molar-refractivity contribution in [2.24, 2.45) is 0 Å². The molecule has 1 aliphatic rings. The van der Waals surface area contributed by atoms with Crippen LogP contribution < -0.4 is 5.32 Å². The summed E-state index contributed by atoms with van der Waals surface area (Å²) in [7, 11) is 0. The number of rotatable bonds is 3. The maximum absolute atomic E-state index is 14.1. The molecule has 3 aromatic heterocycles. The topological polar surface area (TPSA) is 85.6 Å². The van der Waals surface area contributed by atoms with E-state index in [1.165, 1.54) is 6.07 Å². The second-order valence-electron chi connectivity index (χ2n) is 6.41. The Morgan fingerprint density at radius 3 is 2.89 bits per heavy atom. The zero-order valence-electron chi connectivity index (χ0n) is 14.8. The molecule has 1 aromatic carbocycles. The first-order chi connectivity index (χ1) is 13.6. The molecule has 0 atom stereocenters. The van der Waals surface area contributed by atoms with Crippen LogP contribution in [0, 0.1) is 19.2 Å². The number of carbonyl (C=O) groups is 1. The summed E-state index contributed by atoms with van der Waals surface area (Å²) in [6, 6.07) is 10.2. The van der Waals surface area contributed by atoms with Crippen LogP contribution in [-0.2, 0) is 11.3 Å². The van der Waals surface area contributed by atoms with Gasteiger partial charge in [0.05, 0.1) is 11.9 Å². The van der Waals surface area contributed by atoms with Gasteiger partial charge >= 0.3 is 0 Å². The van der Waals surface area contributed by atoms with Crippen LogP contribution in [-0.4, -0.2) is 30.6 Å². The first-order valence-electron chi connectivity index (χ1n) is 8.62. The Kier molecular flexibility index (Phi) is 3.65. The van der Waals surface area contributed by atoms with Crippen LogP contribution in [0.2, 0.25) is 0 Å². The molecule has 0 saturated heterocycles. The molecule has 4 heterocycles.